The lowest BCUT2D eigenvalue weighted by Crippen LogP contribution is -2.55. The van der Waals surface area contributed by atoms with Crippen molar-refractivity contribution in [2.45, 2.75) is 64.5 Å². The minimum absolute atomic E-state index is 0.00837. The highest BCUT2D eigenvalue weighted by Gasteiger charge is 2.52. The number of alkyl halides is 3. The molecule has 0 saturated carbocycles. The van der Waals surface area contributed by atoms with Gasteiger partial charge in [0.2, 0.25) is 0 Å². The maximum Gasteiger partial charge on any atom is 0.494 e. The molecule has 2 saturated heterocycles. The minimum atomic E-state index is -4.57. The van der Waals surface area contributed by atoms with Crippen molar-refractivity contribution >= 4 is 41.7 Å². The van der Waals surface area contributed by atoms with Gasteiger partial charge in [-0.2, -0.15) is 13.2 Å². The summed E-state index contributed by atoms with van der Waals surface area (Å²) in [5.41, 5.74) is -0.900. The Morgan fingerprint density at radius 3 is 2.23 bits per heavy atom. The molecule has 2 heterocycles. The molecule has 1 atom stereocenters. The van der Waals surface area contributed by atoms with Crippen molar-refractivity contribution in [3.05, 3.63) is 58.1 Å². The second kappa shape index (κ2) is 10.3. The first-order valence-electron chi connectivity index (χ1n) is 12.7. The fraction of sp³-hybridized carbons (Fsp3) is 0.481. The van der Waals surface area contributed by atoms with Crippen LogP contribution in [-0.2, 0) is 15.5 Å². The summed E-state index contributed by atoms with van der Waals surface area (Å²) in [4.78, 5) is 29.0. The van der Waals surface area contributed by atoms with Crippen LogP contribution < -0.4 is 10.4 Å². The van der Waals surface area contributed by atoms with E-state index in [0.717, 1.165) is 18.2 Å². The minimum Gasteiger partial charge on any atom is -0.478 e. The number of carbonyl (C=O) groups is 2. The van der Waals surface area contributed by atoms with Crippen LogP contribution >= 0.6 is 11.6 Å². The topological polar surface area (TPSA) is 79.3 Å². The number of halogens is 4. The summed E-state index contributed by atoms with van der Waals surface area (Å²) in [7, 11) is -0.716. The molecular formula is C27H31BClF3N2O5. The number of carboxylic acids is 1. The van der Waals surface area contributed by atoms with Gasteiger partial charge in [-0.25, -0.2) is 4.79 Å². The van der Waals surface area contributed by atoms with Gasteiger partial charge < -0.3 is 24.2 Å². The number of anilines is 1. The van der Waals surface area contributed by atoms with Crippen LogP contribution in [0.2, 0.25) is 5.02 Å². The van der Waals surface area contributed by atoms with Crippen LogP contribution in [0.15, 0.2) is 36.4 Å². The highest BCUT2D eigenvalue weighted by Crippen LogP contribution is 2.37. The monoisotopic (exact) mass is 566 g/mol. The molecule has 12 heteroatoms. The molecular weight excluding hydrogens is 536 g/mol. The standard InChI is InChI=1S/C27H31BClF3N2O5/c1-6-18-15-33(23(35)19-9-7-16(13-21(19)29)27(30,31)32)11-12-34(18)22-10-8-17(14-20(22)24(36)37)28-38-25(2,3)26(4,5)39-28/h7-10,13-14,18H,6,11-12,15H2,1-5H3,(H,36,37)/t18-/m1/s1. The molecule has 0 aliphatic carbocycles. The first-order valence-corrected chi connectivity index (χ1v) is 13.1. The van der Waals surface area contributed by atoms with Gasteiger partial charge in [0.15, 0.2) is 0 Å². The Labute approximate surface area is 231 Å². The maximum absolute atomic E-state index is 13.2. The van der Waals surface area contributed by atoms with E-state index < -0.39 is 41.9 Å². The van der Waals surface area contributed by atoms with E-state index in [1.807, 2.05) is 39.5 Å². The molecule has 0 spiro atoms. The molecule has 0 bridgehead atoms. The number of carbonyl (C=O) groups excluding carboxylic acids is 1. The third kappa shape index (κ3) is 5.62. The summed E-state index contributed by atoms with van der Waals surface area (Å²) in [6.07, 6.45) is -3.97. The smallest absolute Gasteiger partial charge is 0.478 e. The second-order valence-electron chi connectivity index (χ2n) is 10.9. The molecule has 4 rings (SSSR count). The Bertz CT molecular complexity index is 1270. The third-order valence-corrected chi connectivity index (χ3v) is 8.17. The van der Waals surface area contributed by atoms with Gasteiger partial charge in [0, 0.05) is 25.7 Å². The van der Waals surface area contributed by atoms with Crippen molar-refractivity contribution in [3.8, 4) is 0 Å². The van der Waals surface area contributed by atoms with E-state index in [-0.39, 0.29) is 35.3 Å². The van der Waals surface area contributed by atoms with Gasteiger partial charge >= 0.3 is 19.3 Å². The first kappa shape index (κ1) is 29.2. The number of hydrogen-bond donors (Lipinski definition) is 1. The maximum atomic E-state index is 13.2. The van der Waals surface area contributed by atoms with Crippen LogP contribution in [0, 0.1) is 0 Å². The highest BCUT2D eigenvalue weighted by atomic mass is 35.5. The molecule has 2 fully saturated rings. The van der Waals surface area contributed by atoms with Gasteiger partial charge in [0.25, 0.3) is 5.91 Å². The zero-order chi connectivity index (χ0) is 28.9. The largest absolute Gasteiger partial charge is 0.494 e. The van der Waals surface area contributed by atoms with Crippen LogP contribution in [0.4, 0.5) is 18.9 Å². The Kier molecular flexibility index (Phi) is 7.75. The summed E-state index contributed by atoms with van der Waals surface area (Å²) < 4.78 is 51.2. The quantitative estimate of drug-likeness (QED) is 0.508. The Balaban J connectivity index is 1.56. The lowest BCUT2D eigenvalue weighted by molar-refractivity contribution is -0.137. The predicted octanol–water partition coefficient (Wildman–Crippen LogP) is 5.10. The highest BCUT2D eigenvalue weighted by molar-refractivity contribution is 6.62. The number of piperazine rings is 1. The third-order valence-electron chi connectivity index (χ3n) is 7.85. The molecule has 1 N–H and O–H groups in total. The van der Waals surface area contributed by atoms with E-state index in [1.54, 1.807) is 23.1 Å². The van der Waals surface area contributed by atoms with Gasteiger partial charge in [-0.05, 0) is 69.9 Å². The molecule has 2 aromatic rings. The van der Waals surface area contributed by atoms with Crippen LogP contribution in [-0.4, -0.2) is 65.9 Å². The van der Waals surface area contributed by atoms with Gasteiger partial charge in [0.05, 0.1) is 38.6 Å². The van der Waals surface area contributed by atoms with Crippen LogP contribution in [0.3, 0.4) is 0 Å². The van der Waals surface area contributed by atoms with E-state index in [0.29, 0.717) is 24.1 Å². The van der Waals surface area contributed by atoms with Gasteiger partial charge in [-0.1, -0.05) is 24.6 Å². The number of benzene rings is 2. The van der Waals surface area contributed by atoms with Crippen LogP contribution in [0.5, 0.6) is 0 Å². The van der Waals surface area contributed by atoms with Crippen molar-refractivity contribution in [1.82, 2.24) is 4.90 Å². The summed E-state index contributed by atoms with van der Waals surface area (Å²) in [6, 6.07) is 7.55. The van der Waals surface area contributed by atoms with E-state index in [9.17, 15) is 27.9 Å². The van der Waals surface area contributed by atoms with Crippen molar-refractivity contribution < 1.29 is 37.2 Å². The van der Waals surface area contributed by atoms with E-state index in [4.69, 9.17) is 20.9 Å². The fourth-order valence-corrected chi connectivity index (χ4v) is 5.10. The summed E-state index contributed by atoms with van der Waals surface area (Å²) in [6.45, 7) is 10.4. The molecule has 0 unspecified atom stereocenters. The molecule has 2 aromatic carbocycles. The predicted molar refractivity (Wildman–Crippen MR) is 143 cm³/mol. The van der Waals surface area contributed by atoms with Gasteiger partial charge in [-0.3, -0.25) is 4.79 Å². The second-order valence-corrected chi connectivity index (χ2v) is 11.3. The van der Waals surface area contributed by atoms with Crippen molar-refractivity contribution in [1.29, 1.82) is 0 Å². The summed E-state index contributed by atoms with van der Waals surface area (Å²) >= 11 is 6.06. The molecule has 7 nitrogen and oxygen atoms in total. The van der Waals surface area contributed by atoms with Crippen LogP contribution in [0.1, 0.15) is 67.3 Å². The average molecular weight is 567 g/mol. The molecule has 0 aromatic heterocycles. The van der Waals surface area contributed by atoms with Gasteiger partial charge in [-0.15, -0.1) is 0 Å². The number of amides is 1. The molecule has 210 valence electrons. The summed E-state index contributed by atoms with van der Waals surface area (Å²) in [5, 5.41) is 9.79. The fourth-order valence-electron chi connectivity index (χ4n) is 4.84. The molecule has 39 heavy (non-hydrogen) atoms. The zero-order valence-electron chi connectivity index (χ0n) is 22.4. The van der Waals surface area contributed by atoms with E-state index in [1.165, 1.54) is 0 Å². The normalized spacial score (nSPS) is 20.8. The summed E-state index contributed by atoms with van der Waals surface area (Å²) in [5.74, 6) is -1.57. The molecule has 2 aliphatic heterocycles. The number of carboxylic acid groups (broad SMARTS) is 1. The lowest BCUT2D eigenvalue weighted by Gasteiger charge is -2.43. The lowest BCUT2D eigenvalue weighted by atomic mass is 9.78. The van der Waals surface area contributed by atoms with Crippen molar-refractivity contribution in [3.63, 3.8) is 0 Å². The number of rotatable bonds is 5. The van der Waals surface area contributed by atoms with E-state index in [2.05, 4.69) is 0 Å². The Morgan fingerprint density at radius 1 is 1.05 bits per heavy atom. The first-order chi connectivity index (χ1) is 18.1. The molecule has 0 radical (unpaired) electrons. The SMILES string of the molecule is CC[C@@H]1CN(C(=O)c2ccc(C(F)(F)F)cc2Cl)CCN1c1ccc(B2OC(C)(C)C(C)(C)O2)cc1C(=O)O. The van der Waals surface area contributed by atoms with Gasteiger partial charge in [0.1, 0.15) is 0 Å². The number of nitrogens with zero attached hydrogens (tertiary/aromatic N) is 2. The van der Waals surface area contributed by atoms with Crippen molar-refractivity contribution in [2.75, 3.05) is 24.5 Å². The number of hydrogen-bond acceptors (Lipinski definition) is 5. The molecule has 1 amide bonds. The average Bonchev–Trinajstić information content (AvgIpc) is 3.08. The van der Waals surface area contributed by atoms with E-state index >= 15 is 0 Å². The zero-order valence-corrected chi connectivity index (χ0v) is 23.2. The molecule has 2 aliphatic rings. The Morgan fingerprint density at radius 2 is 1.69 bits per heavy atom. The van der Waals surface area contributed by atoms with Crippen molar-refractivity contribution in [2.24, 2.45) is 0 Å². The number of aromatic carboxylic acids is 1. The van der Waals surface area contributed by atoms with Crippen LogP contribution in [0.25, 0.3) is 0 Å². The Hall–Kier alpha value is -2.76.